The molecular weight excluding hydrogens is 260 g/mol. The smallest absolute Gasteiger partial charge is 0.303 e. The van der Waals surface area contributed by atoms with Crippen LogP contribution in [0.1, 0.15) is 37.8 Å². The first kappa shape index (κ1) is 16.1. The van der Waals surface area contributed by atoms with Gasteiger partial charge in [-0.1, -0.05) is 19.1 Å². The van der Waals surface area contributed by atoms with Crippen LogP contribution in [0, 0.1) is 10.1 Å². The highest BCUT2D eigenvalue weighted by Crippen LogP contribution is 2.26. The summed E-state index contributed by atoms with van der Waals surface area (Å²) in [6.07, 6.45) is 1.51. The maximum Gasteiger partial charge on any atom is 0.303 e. The topological polar surface area (TPSA) is 83.7 Å². The Morgan fingerprint density at radius 3 is 2.75 bits per heavy atom. The zero-order chi connectivity index (χ0) is 15.1. The number of carbonyl (C=O) groups is 1. The van der Waals surface area contributed by atoms with Crippen molar-refractivity contribution in [1.29, 1.82) is 0 Å². The van der Waals surface area contributed by atoms with Crippen LogP contribution in [0.25, 0.3) is 0 Å². The summed E-state index contributed by atoms with van der Waals surface area (Å²) in [6, 6.07) is 6.67. The minimum absolute atomic E-state index is 0.0590. The molecule has 0 aliphatic carbocycles. The van der Waals surface area contributed by atoms with Crippen molar-refractivity contribution in [2.45, 2.75) is 32.2 Å². The first-order chi connectivity index (χ1) is 9.45. The number of carboxylic acid groups (broad SMARTS) is 1. The van der Waals surface area contributed by atoms with Gasteiger partial charge in [0.1, 0.15) is 0 Å². The Hall–Kier alpha value is -1.95. The van der Waals surface area contributed by atoms with Crippen molar-refractivity contribution in [3.8, 4) is 0 Å². The lowest BCUT2D eigenvalue weighted by atomic mass is 10.0. The fourth-order valence-corrected chi connectivity index (χ4v) is 2.28. The van der Waals surface area contributed by atoms with E-state index in [4.69, 9.17) is 5.11 Å². The summed E-state index contributed by atoms with van der Waals surface area (Å²) < 4.78 is 0. The summed E-state index contributed by atoms with van der Waals surface area (Å²) in [5, 5.41) is 19.5. The molecule has 1 N–H and O–H groups in total. The molecule has 0 bridgehead atoms. The molecule has 0 radical (unpaired) electrons. The molecule has 0 saturated heterocycles. The van der Waals surface area contributed by atoms with Crippen LogP contribution in [0.3, 0.4) is 0 Å². The van der Waals surface area contributed by atoms with E-state index >= 15 is 0 Å². The minimum Gasteiger partial charge on any atom is -0.481 e. The molecule has 110 valence electrons. The van der Waals surface area contributed by atoms with Crippen LogP contribution in [-0.4, -0.2) is 34.5 Å². The Bertz CT molecular complexity index is 476. The third-order valence-corrected chi connectivity index (χ3v) is 3.29. The predicted molar refractivity (Wildman–Crippen MR) is 75.6 cm³/mol. The summed E-state index contributed by atoms with van der Waals surface area (Å²) >= 11 is 0. The first-order valence-corrected chi connectivity index (χ1v) is 6.62. The van der Waals surface area contributed by atoms with E-state index in [-0.39, 0.29) is 18.2 Å². The zero-order valence-corrected chi connectivity index (χ0v) is 11.8. The van der Waals surface area contributed by atoms with Gasteiger partial charge in [-0.2, -0.15) is 0 Å². The highest BCUT2D eigenvalue weighted by molar-refractivity contribution is 5.66. The minimum atomic E-state index is -0.804. The normalized spacial score (nSPS) is 12.3. The summed E-state index contributed by atoms with van der Waals surface area (Å²) in [6.45, 7) is 2.66. The van der Waals surface area contributed by atoms with Gasteiger partial charge in [0.2, 0.25) is 0 Å². The van der Waals surface area contributed by atoms with E-state index in [9.17, 15) is 14.9 Å². The Labute approximate surface area is 118 Å². The van der Waals surface area contributed by atoms with Crippen molar-refractivity contribution < 1.29 is 14.8 Å². The van der Waals surface area contributed by atoms with Crippen molar-refractivity contribution in [2.24, 2.45) is 0 Å². The van der Waals surface area contributed by atoms with Crippen LogP contribution in [-0.2, 0) is 4.79 Å². The van der Waals surface area contributed by atoms with Gasteiger partial charge in [-0.3, -0.25) is 19.8 Å². The summed E-state index contributed by atoms with van der Waals surface area (Å²) in [4.78, 5) is 23.0. The van der Waals surface area contributed by atoms with E-state index in [2.05, 4.69) is 0 Å². The molecule has 0 amide bonds. The second-order valence-electron chi connectivity index (χ2n) is 4.75. The number of benzene rings is 1. The fourth-order valence-electron chi connectivity index (χ4n) is 2.28. The molecule has 0 spiro atoms. The van der Waals surface area contributed by atoms with E-state index in [0.717, 1.165) is 12.0 Å². The van der Waals surface area contributed by atoms with Crippen molar-refractivity contribution in [3.05, 3.63) is 39.9 Å². The van der Waals surface area contributed by atoms with Crippen LogP contribution in [0.5, 0.6) is 0 Å². The van der Waals surface area contributed by atoms with E-state index < -0.39 is 10.9 Å². The number of aliphatic carboxylic acids is 1. The Balaban J connectivity index is 2.76. The van der Waals surface area contributed by atoms with Crippen LogP contribution in [0.2, 0.25) is 0 Å². The number of non-ortho nitro benzene ring substituents is 1. The molecule has 0 fully saturated rings. The third-order valence-electron chi connectivity index (χ3n) is 3.29. The molecule has 0 aliphatic rings. The molecule has 6 heteroatoms. The van der Waals surface area contributed by atoms with Gasteiger partial charge in [-0.05, 0) is 32.0 Å². The van der Waals surface area contributed by atoms with Gasteiger partial charge in [-0.15, -0.1) is 0 Å². The van der Waals surface area contributed by atoms with Gasteiger partial charge in [0.15, 0.2) is 0 Å². The monoisotopic (exact) mass is 280 g/mol. The fraction of sp³-hybridized carbons (Fsp3) is 0.500. The van der Waals surface area contributed by atoms with E-state index in [1.807, 2.05) is 24.9 Å². The van der Waals surface area contributed by atoms with Crippen molar-refractivity contribution >= 4 is 11.7 Å². The molecule has 0 aromatic heterocycles. The lowest BCUT2D eigenvalue weighted by molar-refractivity contribution is -0.385. The van der Waals surface area contributed by atoms with E-state index in [0.29, 0.717) is 13.0 Å². The van der Waals surface area contributed by atoms with Gasteiger partial charge in [0.05, 0.1) is 4.92 Å². The molecule has 0 saturated carbocycles. The van der Waals surface area contributed by atoms with Crippen LogP contribution in [0.15, 0.2) is 24.3 Å². The number of rotatable bonds is 8. The second kappa shape index (κ2) is 7.59. The average molecular weight is 280 g/mol. The SMILES string of the molecule is CCC(c1cccc([N+](=O)[O-])c1)N(C)CCCC(=O)O. The number of hydrogen-bond acceptors (Lipinski definition) is 4. The van der Waals surface area contributed by atoms with Crippen molar-refractivity contribution in [1.82, 2.24) is 4.90 Å². The number of carboxylic acids is 1. The quantitative estimate of drug-likeness (QED) is 0.584. The predicted octanol–water partition coefficient (Wildman–Crippen LogP) is 2.84. The molecule has 1 aromatic rings. The molecule has 0 heterocycles. The van der Waals surface area contributed by atoms with E-state index in [1.54, 1.807) is 12.1 Å². The molecule has 1 aromatic carbocycles. The Morgan fingerprint density at radius 2 is 2.20 bits per heavy atom. The van der Waals surface area contributed by atoms with Crippen molar-refractivity contribution in [2.75, 3.05) is 13.6 Å². The second-order valence-corrected chi connectivity index (χ2v) is 4.75. The maximum atomic E-state index is 10.8. The Kier molecular flexibility index (Phi) is 6.11. The highest BCUT2D eigenvalue weighted by atomic mass is 16.6. The van der Waals surface area contributed by atoms with E-state index in [1.165, 1.54) is 6.07 Å². The summed E-state index contributed by atoms with van der Waals surface area (Å²) in [7, 11) is 1.91. The van der Waals surface area contributed by atoms with Crippen LogP contribution < -0.4 is 0 Å². The molecule has 1 atom stereocenters. The summed E-state index contributed by atoms with van der Waals surface area (Å²) in [5.74, 6) is -0.804. The largest absolute Gasteiger partial charge is 0.481 e. The van der Waals surface area contributed by atoms with Gasteiger partial charge < -0.3 is 5.11 Å². The number of nitrogens with zero attached hydrogens (tertiary/aromatic N) is 2. The maximum absolute atomic E-state index is 10.8. The molecule has 20 heavy (non-hydrogen) atoms. The molecule has 1 unspecified atom stereocenters. The lowest BCUT2D eigenvalue weighted by Crippen LogP contribution is -2.25. The molecular formula is C14H20N2O4. The molecule has 6 nitrogen and oxygen atoms in total. The third kappa shape index (κ3) is 4.62. The zero-order valence-electron chi connectivity index (χ0n) is 11.8. The van der Waals surface area contributed by atoms with Gasteiger partial charge in [-0.25, -0.2) is 0 Å². The van der Waals surface area contributed by atoms with Crippen LogP contribution >= 0.6 is 0 Å². The summed E-state index contributed by atoms with van der Waals surface area (Å²) in [5.41, 5.74) is 0.972. The van der Waals surface area contributed by atoms with Crippen LogP contribution in [0.4, 0.5) is 5.69 Å². The Morgan fingerprint density at radius 1 is 1.50 bits per heavy atom. The number of nitro groups is 1. The lowest BCUT2D eigenvalue weighted by Gasteiger charge is -2.27. The average Bonchev–Trinajstić information content (AvgIpc) is 2.39. The van der Waals surface area contributed by atoms with Crippen molar-refractivity contribution in [3.63, 3.8) is 0 Å². The van der Waals surface area contributed by atoms with Gasteiger partial charge in [0, 0.05) is 24.6 Å². The van der Waals surface area contributed by atoms with Gasteiger partial charge in [0.25, 0.3) is 5.69 Å². The first-order valence-electron chi connectivity index (χ1n) is 6.62. The van der Waals surface area contributed by atoms with Gasteiger partial charge >= 0.3 is 5.97 Å². The highest BCUT2D eigenvalue weighted by Gasteiger charge is 2.17. The molecule has 0 aliphatic heterocycles. The standard InChI is InChI=1S/C14H20N2O4/c1-3-13(15(2)9-5-8-14(17)18)11-6-4-7-12(10-11)16(19)20/h4,6-7,10,13H,3,5,8-9H2,1-2H3,(H,17,18). The number of hydrogen-bond donors (Lipinski definition) is 1. The molecule has 1 rings (SSSR count). The number of nitro benzene ring substituents is 1.